The molecule has 0 unspecified atom stereocenters. The third kappa shape index (κ3) is 4.16. The van der Waals surface area contributed by atoms with E-state index in [1.807, 2.05) is 17.7 Å². The molecule has 2 aromatic rings. The number of rotatable bonds is 7. The first-order valence-corrected chi connectivity index (χ1v) is 7.68. The van der Waals surface area contributed by atoms with E-state index in [4.69, 9.17) is 21.1 Å². The fourth-order valence-electron chi connectivity index (χ4n) is 2.25. The smallest absolute Gasteiger partial charge is 0.226 e. The predicted molar refractivity (Wildman–Crippen MR) is 89.4 cm³/mol. The number of methoxy groups -OCH3 is 2. The molecule has 1 heterocycles. The molecular formula is C16H20ClN3O3. The van der Waals surface area contributed by atoms with Gasteiger partial charge in [-0.2, -0.15) is 0 Å². The molecule has 0 aliphatic carbocycles. The number of carbonyl (C=O) groups is 1. The lowest BCUT2D eigenvalue weighted by atomic mass is 10.2. The minimum absolute atomic E-state index is 0.125. The molecule has 2 rings (SSSR count). The summed E-state index contributed by atoms with van der Waals surface area (Å²) in [6.45, 7) is 2.60. The van der Waals surface area contributed by atoms with Crippen LogP contribution in [0.15, 0.2) is 24.5 Å². The lowest BCUT2D eigenvalue weighted by Crippen LogP contribution is -2.15. The summed E-state index contributed by atoms with van der Waals surface area (Å²) in [5, 5.41) is 3.22. The van der Waals surface area contributed by atoms with Crippen LogP contribution in [0.2, 0.25) is 5.02 Å². The number of hydrogen-bond acceptors (Lipinski definition) is 4. The Morgan fingerprint density at radius 3 is 2.70 bits per heavy atom. The summed E-state index contributed by atoms with van der Waals surface area (Å²) in [7, 11) is 3.05. The highest BCUT2D eigenvalue weighted by Crippen LogP contribution is 2.35. The number of benzene rings is 1. The Bertz CT molecular complexity index is 685. The van der Waals surface area contributed by atoms with Gasteiger partial charge in [0.25, 0.3) is 0 Å². The molecule has 1 amide bonds. The maximum absolute atomic E-state index is 12.2. The predicted octanol–water partition coefficient (Wildman–Crippen LogP) is 3.14. The van der Waals surface area contributed by atoms with Crippen molar-refractivity contribution >= 4 is 23.2 Å². The van der Waals surface area contributed by atoms with Crippen molar-refractivity contribution in [2.75, 3.05) is 19.5 Å². The maximum atomic E-state index is 12.2. The van der Waals surface area contributed by atoms with E-state index in [0.29, 0.717) is 35.2 Å². The number of imidazole rings is 1. The standard InChI is InChI=1S/C16H20ClN3O3/c1-4-15-18-6-8-20(15)7-5-16(21)19-12-9-11(17)13(22-2)10-14(12)23-3/h6,8-10H,4-5,7H2,1-3H3,(H,19,21). The molecule has 1 aromatic heterocycles. The molecule has 0 spiro atoms. The normalized spacial score (nSPS) is 10.4. The number of carbonyl (C=O) groups excluding carboxylic acids is 1. The van der Waals surface area contributed by atoms with Gasteiger partial charge in [-0.15, -0.1) is 0 Å². The number of halogens is 1. The average molecular weight is 338 g/mol. The van der Waals surface area contributed by atoms with Crippen molar-refractivity contribution in [3.05, 3.63) is 35.4 Å². The molecule has 0 atom stereocenters. The molecule has 0 saturated heterocycles. The van der Waals surface area contributed by atoms with Crippen LogP contribution >= 0.6 is 11.6 Å². The van der Waals surface area contributed by atoms with Gasteiger partial charge >= 0.3 is 0 Å². The Morgan fingerprint density at radius 2 is 2.04 bits per heavy atom. The Hall–Kier alpha value is -2.21. The van der Waals surface area contributed by atoms with Crippen LogP contribution in [0.4, 0.5) is 5.69 Å². The lowest BCUT2D eigenvalue weighted by molar-refractivity contribution is -0.116. The molecule has 1 N–H and O–H groups in total. The largest absolute Gasteiger partial charge is 0.495 e. The number of nitrogens with zero attached hydrogens (tertiary/aromatic N) is 2. The summed E-state index contributed by atoms with van der Waals surface area (Å²) in [6, 6.07) is 3.26. The topological polar surface area (TPSA) is 65.4 Å². The van der Waals surface area contributed by atoms with E-state index in [1.54, 1.807) is 18.3 Å². The lowest BCUT2D eigenvalue weighted by Gasteiger charge is -2.13. The zero-order valence-corrected chi connectivity index (χ0v) is 14.2. The molecule has 7 heteroatoms. The molecule has 124 valence electrons. The van der Waals surface area contributed by atoms with Crippen molar-refractivity contribution in [1.29, 1.82) is 0 Å². The van der Waals surface area contributed by atoms with Gasteiger partial charge in [-0.25, -0.2) is 4.98 Å². The van der Waals surface area contributed by atoms with Crippen molar-refractivity contribution in [2.24, 2.45) is 0 Å². The van der Waals surface area contributed by atoms with Crippen LogP contribution in [0.25, 0.3) is 0 Å². The monoisotopic (exact) mass is 337 g/mol. The van der Waals surface area contributed by atoms with Crippen LogP contribution in [0, 0.1) is 0 Å². The third-order valence-electron chi connectivity index (χ3n) is 3.45. The highest BCUT2D eigenvalue weighted by Gasteiger charge is 2.13. The van der Waals surface area contributed by atoms with Crippen LogP contribution < -0.4 is 14.8 Å². The van der Waals surface area contributed by atoms with E-state index >= 15 is 0 Å². The molecular weight excluding hydrogens is 318 g/mol. The first-order valence-electron chi connectivity index (χ1n) is 7.30. The number of aromatic nitrogens is 2. The van der Waals surface area contributed by atoms with Gasteiger partial charge < -0.3 is 19.4 Å². The van der Waals surface area contributed by atoms with E-state index in [9.17, 15) is 4.79 Å². The number of anilines is 1. The van der Waals surface area contributed by atoms with Crippen LogP contribution in [0.5, 0.6) is 11.5 Å². The van der Waals surface area contributed by atoms with Gasteiger partial charge in [0.05, 0.1) is 24.9 Å². The highest BCUT2D eigenvalue weighted by atomic mass is 35.5. The van der Waals surface area contributed by atoms with Gasteiger partial charge in [0, 0.05) is 37.8 Å². The third-order valence-corrected chi connectivity index (χ3v) is 3.74. The first-order chi connectivity index (χ1) is 11.1. The van der Waals surface area contributed by atoms with Gasteiger partial charge in [-0.1, -0.05) is 18.5 Å². The number of hydrogen-bond donors (Lipinski definition) is 1. The van der Waals surface area contributed by atoms with Crippen LogP contribution in [-0.4, -0.2) is 29.7 Å². The van der Waals surface area contributed by atoms with Gasteiger partial charge in [0.1, 0.15) is 17.3 Å². The zero-order valence-electron chi connectivity index (χ0n) is 13.4. The number of ether oxygens (including phenoxy) is 2. The summed E-state index contributed by atoms with van der Waals surface area (Å²) < 4.78 is 12.4. The Labute approximate surface area is 140 Å². The summed E-state index contributed by atoms with van der Waals surface area (Å²) >= 11 is 6.10. The molecule has 0 radical (unpaired) electrons. The fraction of sp³-hybridized carbons (Fsp3) is 0.375. The second kappa shape index (κ2) is 7.87. The summed E-state index contributed by atoms with van der Waals surface area (Å²) in [5.74, 6) is 1.83. The molecule has 6 nitrogen and oxygen atoms in total. The van der Waals surface area contributed by atoms with Crippen molar-refractivity contribution in [3.8, 4) is 11.5 Å². The average Bonchev–Trinajstić information content (AvgIpc) is 3.00. The maximum Gasteiger partial charge on any atom is 0.226 e. The van der Waals surface area contributed by atoms with Crippen molar-refractivity contribution in [3.63, 3.8) is 0 Å². The molecule has 0 bridgehead atoms. The second-order valence-corrected chi connectivity index (χ2v) is 5.28. The van der Waals surface area contributed by atoms with Crippen molar-refractivity contribution in [2.45, 2.75) is 26.3 Å². The Balaban J connectivity index is 2.04. The fourth-order valence-corrected chi connectivity index (χ4v) is 2.49. The van der Waals surface area contributed by atoms with E-state index in [2.05, 4.69) is 10.3 Å². The van der Waals surface area contributed by atoms with E-state index in [1.165, 1.54) is 14.2 Å². The second-order valence-electron chi connectivity index (χ2n) is 4.88. The number of aryl methyl sites for hydroxylation is 2. The van der Waals surface area contributed by atoms with Crippen molar-refractivity contribution in [1.82, 2.24) is 9.55 Å². The molecule has 0 aliphatic rings. The SMILES string of the molecule is CCc1nccn1CCC(=O)Nc1cc(Cl)c(OC)cc1OC. The minimum atomic E-state index is -0.125. The molecule has 0 aliphatic heterocycles. The van der Waals surface area contributed by atoms with Gasteiger partial charge in [-0.05, 0) is 6.07 Å². The minimum Gasteiger partial charge on any atom is -0.495 e. The summed E-state index contributed by atoms with van der Waals surface area (Å²) in [5.41, 5.74) is 0.518. The van der Waals surface area contributed by atoms with E-state index in [-0.39, 0.29) is 5.91 Å². The van der Waals surface area contributed by atoms with Crippen molar-refractivity contribution < 1.29 is 14.3 Å². The van der Waals surface area contributed by atoms with Gasteiger partial charge in [0.15, 0.2) is 0 Å². The summed E-state index contributed by atoms with van der Waals surface area (Å²) in [6.07, 6.45) is 4.77. The highest BCUT2D eigenvalue weighted by molar-refractivity contribution is 6.32. The quantitative estimate of drug-likeness (QED) is 0.843. The molecule has 0 fully saturated rings. The number of amides is 1. The van der Waals surface area contributed by atoms with Crippen LogP contribution in [-0.2, 0) is 17.8 Å². The zero-order chi connectivity index (χ0) is 16.8. The van der Waals surface area contributed by atoms with E-state index in [0.717, 1.165) is 12.2 Å². The molecule has 23 heavy (non-hydrogen) atoms. The number of nitrogens with one attached hydrogen (secondary N) is 1. The van der Waals surface area contributed by atoms with Crippen LogP contribution in [0.1, 0.15) is 19.2 Å². The first kappa shape index (κ1) is 17.1. The van der Waals surface area contributed by atoms with Gasteiger partial charge in [-0.3, -0.25) is 4.79 Å². The van der Waals surface area contributed by atoms with E-state index < -0.39 is 0 Å². The van der Waals surface area contributed by atoms with Crippen LogP contribution in [0.3, 0.4) is 0 Å². The molecule has 0 saturated carbocycles. The van der Waals surface area contributed by atoms with Gasteiger partial charge in [0.2, 0.25) is 5.91 Å². The molecule has 1 aromatic carbocycles. The Kier molecular flexibility index (Phi) is 5.87. The summed E-state index contributed by atoms with van der Waals surface area (Å²) in [4.78, 5) is 16.4. The Morgan fingerprint density at radius 1 is 1.30 bits per heavy atom.